The molecule has 2 aliphatic rings. The van der Waals surface area contributed by atoms with Crippen molar-refractivity contribution < 1.29 is 52.3 Å². The summed E-state index contributed by atoms with van der Waals surface area (Å²) >= 11 is 0. The molecule has 11 heteroatoms. The number of hydrogen-bond donors (Lipinski definition) is 0. The van der Waals surface area contributed by atoms with Gasteiger partial charge in [-0.25, -0.2) is 14.4 Å². The Labute approximate surface area is 325 Å². The highest BCUT2D eigenvalue weighted by molar-refractivity contribution is 6.02. The van der Waals surface area contributed by atoms with Crippen molar-refractivity contribution in [2.24, 2.45) is 0 Å². The average Bonchev–Trinajstić information content (AvgIpc) is 3.23. The Kier molecular flexibility index (Phi) is 11.9. The van der Waals surface area contributed by atoms with E-state index in [1.165, 1.54) is 0 Å². The molecule has 290 valence electrons. The van der Waals surface area contributed by atoms with Gasteiger partial charge in [-0.3, -0.25) is 0 Å². The summed E-state index contributed by atoms with van der Waals surface area (Å²) in [6.07, 6.45) is -3.49. The van der Waals surface area contributed by atoms with Gasteiger partial charge in [-0.2, -0.15) is 0 Å². The quantitative estimate of drug-likeness (QED) is 0.0954. The van der Waals surface area contributed by atoms with Crippen LogP contribution in [0.25, 0.3) is 10.8 Å². The molecule has 0 spiro atoms. The van der Waals surface area contributed by atoms with E-state index in [2.05, 4.69) is 0 Å². The van der Waals surface area contributed by atoms with Crippen molar-refractivity contribution >= 4 is 28.7 Å². The summed E-state index contributed by atoms with van der Waals surface area (Å²) in [5.74, 6) is -0.238. The largest absolute Gasteiger partial charge is 0.496 e. The van der Waals surface area contributed by atoms with Crippen LogP contribution in [0.5, 0.6) is 17.2 Å². The summed E-state index contributed by atoms with van der Waals surface area (Å²) in [6, 6.07) is 33.5. The van der Waals surface area contributed by atoms with Crippen LogP contribution >= 0.6 is 0 Å². The van der Waals surface area contributed by atoms with Crippen LogP contribution in [0.2, 0.25) is 0 Å². The highest BCUT2D eigenvalue weighted by atomic mass is 16.7. The summed E-state index contributed by atoms with van der Waals surface area (Å²) in [6.45, 7) is 3.65. The van der Waals surface area contributed by atoms with E-state index in [0.29, 0.717) is 57.4 Å². The first kappa shape index (κ1) is 38.5. The van der Waals surface area contributed by atoms with Crippen LogP contribution in [-0.2, 0) is 23.7 Å². The van der Waals surface area contributed by atoms with E-state index in [0.717, 1.165) is 0 Å². The van der Waals surface area contributed by atoms with Crippen molar-refractivity contribution in [2.75, 3.05) is 14.2 Å². The molecular weight excluding hydrogens is 716 g/mol. The molecule has 11 nitrogen and oxygen atoms in total. The van der Waals surface area contributed by atoms with Crippen molar-refractivity contribution in [3.05, 3.63) is 138 Å². The van der Waals surface area contributed by atoms with Crippen LogP contribution < -0.4 is 14.2 Å². The van der Waals surface area contributed by atoms with Crippen LogP contribution in [0, 0.1) is 0 Å². The van der Waals surface area contributed by atoms with Crippen molar-refractivity contribution in [2.45, 2.75) is 76.0 Å². The lowest BCUT2D eigenvalue weighted by Crippen LogP contribution is -2.51. The van der Waals surface area contributed by atoms with Gasteiger partial charge < -0.3 is 37.9 Å². The molecule has 2 heterocycles. The Balaban J connectivity index is 1.20. The molecule has 0 aliphatic carbocycles. The van der Waals surface area contributed by atoms with E-state index in [1.54, 1.807) is 99.1 Å². The normalized spacial score (nSPS) is 23.5. The Morgan fingerprint density at radius 1 is 0.589 bits per heavy atom. The molecule has 7 rings (SSSR count). The highest BCUT2D eigenvalue weighted by Gasteiger charge is 2.44. The van der Waals surface area contributed by atoms with Gasteiger partial charge in [0.05, 0.1) is 54.6 Å². The third-order valence-electron chi connectivity index (χ3n) is 10.2. The number of ether oxygens (including phenoxy) is 8. The van der Waals surface area contributed by atoms with Crippen molar-refractivity contribution in [3.8, 4) is 17.2 Å². The van der Waals surface area contributed by atoms with Gasteiger partial charge in [-0.15, -0.1) is 0 Å². The van der Waals surface area contributed by atoms with Gasteiger partial charge in [0.15, 0.2) is 12.4 Å². The number of methoxy groups -OCH3 is 2. The molecule has 2 saturated heterocycles. The van der Waals surface area contributed by atoms with Gasteiger partial charge in [-0.05, 0) is 74.9 Å². The average molecular weight is 761 g/mol. The number of hydrogen-bond acceptors (Lipinski definition) is 11. The maximum absolute atomic E-state index is 13.7. The maximum Gasteiger partial charge on any atom is 0.343 e. The zero-order valence-corrected chi connectivity index (χ0v) is 31.6. The summed E-state index contributed by atoms with van der Waals surface area (Å²) in [5.41, 5.74) is 1.77. The first-order chi connectivity index (χ1) is 27.2. The van der Waals surface area contributed by atoms with Gasteiger partial charge in [0.1, 0.15) is 29.5 Å². The van der Waals surface area contributed by atoms with E-state index in [1.807, 2.05) is 44.2 Å². The molecule has 0 bridgehead atoms. The van der Waals surface area contributed by atoms with Crippen LogP contribution in [0.3, 0.4) is 0 Å². The Hall–Kier alpha value is -5.75. The molecule has 56 heavy (non-hydrogen) atoms. The molecule has 7 atom stereocenters. The van der Waals surface area contributed by atoms with Crippen LogP contribution in [-0.4, -0.2) is 68.9 Å². The highest BCUT2D eigenvalue weighted by Crippen LogP contribution is 2.47. The fourth-order valence-corrected chi connectivity index (χ4v) is 7.28. The molecular formula is C45H44O11. The Morgan fingerprint density at radius 2 is 1.16 bits per heavy atom. The fraction of sp³-hybridized carbons (Fsp3) is 0.311. The Morgan fingerprint density at radius 3 is 1.75 bits per heavy atom. The summed E-state index contributed by atoms with van der Waals surface area (Å²) in [7, 11) is 3.11. The molecule has 5 aromatic rings. The monoisotopic (exact) mass is 760 g/mol. The number of esters is 3. The standard InChI is InChI=1S/C45H44O11/c1-27-34(54-43(46)29-14-8-5-9-15-29)24-25-39(52-27)53-38-26-37(51-28(2)41(38)55-44(47)30-16-10-6-11-17-30)33-21-20-32-35(49-3)22-23-36(50-4)40(32)42(33)56-45(48)31-18-12-7-13-19-31/h5-23,27-28,34,37-39,41H,24-26H2,1-4H3/t27-,28+,34-,37+,38+,39-,41+/m0/s1. The maximum atomic E-state index is 13.7. The van der Waals surface area contributed by atoms with E-state index < -0.39 is 60.8 Å². The van der Waals surface area contributed by atoms with Crippen molar-refractivity contribution in [1.82, 2.24) is 0 Å². The van der Waals surface area contributed by atoms with Gasteiger partial charge in [0.2, 0.25) is 0 Å². The minimum absolute atomic E-state index is 0.200. The lowest BCUT2D eigenvalue weighted by atomic mass is 9.91. The SMILES string of the molecule is COc1ccc(OC)c2c(OC(=O)c3ccccc3)c([C@H]3C[C@@H](O[C@H]4CC[C@H](OC(=O)c5ccccc5)[C@H](C)O4)[C@H](OC(=O)c4ccccc4)[C@@H](C)O3)ccc12. The van der Waals surface area contributed by atoms with Gasteiger partial charge in [0, 0.05) is 23.8 Å². The second-order valence-corrected chi connectivity index (χ2v) is 13.8. The van der Waals surface area contributed by atoms with Crippen LogP contribution in [0.4, 0.5) is 0 Å². The number of rotatable bonds is 11. The topological polar surface area (TPSA) is 125 Å². The second-order valence-electron chi connectivity index (χ2n) is 13.8. The lowest BCUT2D eigenvalue weighted by molar-refractivity contribution is -0.271. The first-order valence-electron chi connectivity index (χ1n) is 18.7. The molecule has 5 aromatic carbocycles. The summed E-state index contributed by atoms with van der Waals surface area (Å²) < 4.78 is 49.3. The number of carbonyl (C=O) groups is 3. The summed E-state index contributed by atoms with van der Waals surface area (Å²) in [4.78, 5) is 40.0. The van der Waals surface area contributed by atoms with E-state index >= 15 is 0 Å². The predicted molar refractivity (Wildman–Crippen MR) is 206 cm³/mol. The fourth-order valence-electron chi connectivity index (χ4n) is 7.28. The minimum Gasteiger partial charge on any atom is -0.496 e. The zero-order valence-electron chi connectivity index (χ0n) is 31.6. The molecule has 0 amide bonds. The molecule has 2 fully saturated rings. The molecule has 0 unspecified atom stereocenters. The van der Waals surface area contributed by atoms with Crippen LogP contribution in [0.15, 0.2) is 115 Å². The molecule has 0 radical (unpaired) electrons. The number of fused-ring (bicyclic) bond motifs is 1. The molecule has 0 aromatic heterocycles. The number of benzene rings is 5. The Bertz CT molecular complexity index is 2140. The van der Waals surface area contributed by atoms with Crippen molar-refractivity contribution in [1.29, 1.82) is 0 Å². The van der Waals surface area contributed by atoms with E-state index in [4.69, 9.17) is 37.9 Å². The summed E-state index contributed by atoms with van der Waals surface area (Å²) in [5, 5.41) is 1.20. The van der Waals surface area contributed by atoms with Gasteiger partial charge >= 0.3 is 17.9 Å². The minimum atomic E-state index is -0.836. The smallest absolute Gasteiger partial charge is 0.343 e. The predicted octanol–water partition coefficient (Wildman–Crippen LogP) is 8.29. The van der Waals surface area contributed by atoms with Gasteiger partial charge in [0.25, 0.3) is 0 Å². The van der Waals surface area contributed by atoms with Crippen molar-refractivity contribution in [3.63, 3.8) is 0 Å². The molecule has 0 N–H and O–H groups in total. The van der Waals surface area contributed by atoms with E-state index in [-0.39, 0.29) is 12.2 Å². The molecule has 2 aliphatic heterocycles. The third kappa shape index (κ3) is 8.40. The lowest BCUT2D eigenvalue weighted by Gasteiger charge is -2.43. The van der Waals surface area contributed by atoms with Gasteiger partial charge in [-0.1, -0.05) is 60.7 Å². The van der Waals surface area contributed by atoms with E-state index in [9.17, 15) is 14.4 Å². The number of carbonyl (C=O) groups excluding carboxylic acids is 3. The van der Waals surface area contributed by atoms with Crippen LogP contribution in [0.1, 0.15) is 75.9 Å². The second kappa shape index (κ2) is 17.4. The third-order valence-corrected chi connectivity index (χ3v) is 10.2. The first-order valence-corrected chi connectivity index (χ1v) is 18.7. The molecule has 0 saturated carbocycles. The zero-order chi connectivity index (χ0) is 39.2.